The first-order chi connectivity index (χ1) is 15.1. The number of benzene rings is 1. The van der Waals surface area contributed by atoms with Gasteiger partial charge in [-0.15, -0.1) is 10.2 Å². The van der Waals surface area contributed by atoms with Crippen LogP contribution in [-0.4, -0.2) is 47.3 Å². The minimum atomic E-state index is -0.120. The van der Waals surface area contributed by atoms with Gasteiger partial charge in [0.1, 0.15) is 0 Å². The maximum Gasteiger partial charge on any atom is 0.231 e. The number of carbonyl (C=O) groups is 1. The number of carbonyl (C=O) groups excluding carboxylic acids is 1. The van der Waals surface area contributed by atoms with Gasteiger partial charge < -0.3 is 19.7 Å². The van der Waals surface area contributed by atoms with Crippen LogP contribution in [0.3, 0.4) is 0 Å². The Labute approximate surface area is 186 Å². The van der Waals surface area contributed by atoms with Gasteiger partial charge in [0.25, 0.3) is 0 Å². The van der Waals surface area contributed by atoms with Crippen molar-refractivity contribution in [1.29, 1.82) is 0 Å². The molecular weight excluding hydrogens is 418 g/mol. The summed E-state index contributed by atoms with van der Waals surface area (Å²) in [6.45, 7) is 4.32. The van der Waals surface area contributed by atoms with Gasteiger partial charge in [-0.1, -0.05) is 17.7 Å². The highest BCUT2D eigenvalue weighted by molar-refractivity contribution is 6.30. The number of ether oxygens (including phenoxy) is 2. The number of pyridine rings is 1. The summed E-state index contributed by atoms with van der Waals surface area (Å²) >= 11 is 6.14. The minimum absolute atomic E-state index is 0.0327. The first-order valence-corrected chi connectivity index (χ1v) is 10.8. The van der Waals surface area contributed by atoms with E-state index in [1.54, 1.807) is 19.4 Å². The summed E-state index contributed by atoms with van der Waals surface area (Å²) in [4.78, 5) is 15.0. The predicted molar refractivity (Wildman–Crippen MR) is 119 cm³/mol. The zero-order valence-electron chi connectivity index (χ0n) is 17.7. The number of hydrogen-bond acceptors (Lipinski definition) is 6. The van der Waals surface area contributed by atoms with Crippen LogP contribution in [0.2, 0.25) is 5.02 Å². The molecule has 1 aliphatic rings. The Morgan fingerprint density at radius 2 is 2.13 bits per heavy atom. The highest BCUT2D eigenvalue weighted by Crippen LogP contribution is 2.28. The van der Waals surface area contributed by atoms with E-state index in [2.05, 4.69) is 20.4 Å². The van der Waals surface area contributed by atoms with Gasteiger partial charge in [-0.25, -0.2) is 0 Å². The van der Waals surface area contributed by atoms with Gasteiger partial charge in [0, 0.05) is 25.8 Å². The molecule has 0 spiro atoms. The predicted octanol–water partition coefficient (Wildman–Crippen LogP) is 3.32. The molecule has 1 saturated heterocycles. The summed E-state index contributed by atoms with van der Waals surface area (Å²) in [6, 6.07) is 9.31. The summed E-state index contributed by atoms with van der Waals surface area (Å²) in [7, 11) is 1.61. The monoisotopic (exact) mass is 443 g/mol. The Bertz CT molecular complexity index is 1070. The van der Waals surface area contributed by atoms with Gasteiger partial charge in [0.2, 0.25) is 11.9 Å². The number of piperidine rings is 1. The average molecular weight is 444 g/mol. The number of nitrogens with zero attached hydrogens (tertiary/aromatic N) is 4. The SMILES string of the molecule is CCOc1cc(CNC(=O)[C@H]2CCCN(c3nnc4ccc(Cl)cn34)C2)ccc1OC. The molecule has 1 N–H and O–H groups in total. The number of hydrogen-bond donors (Lipinski definition) is 1. The normalized spacial score (nSPS) is 16.4. The second-order valence-corrected chi connectivity index (χ2v) is 7.93. The molecule has 0 radical (unpaired) electrons. The summed E-state index contributed by atoms with van der Waals surface area (Å²) in [5, 5.41) is 12.2. The molecule has 1 atom stereocenters. The highest BCUT2D eigenvalue weighted by Gasteiger charge is 2.28. The molecule has 0 aliphatic carbocycles. The summed E-state index contributed by atoms with van der Waals surface area (Å²) in [5.41, 5.74) is 1.69. The van der Waals surface area contributed by atoms with Crippen LogP contribution in [0.5, 0.6) is 11.5 Å². The van der Waals surface area contributed by atoms with Gasteiger partial charge in [0.15, 0.2) is 17.1 Å². The molecule has 164 valence electrons. The van der Waals surface area contributed by atoms with Crippen LogP contribution < -0.4 is 19.7 Å². The van der Waals surface area contributed by atoms with Crippen LogP contribution >= 0.6 is 11.6 Å². The third kappa shape index (κ3) is 4.69. The molecule has 9 heteroatoms. The molecule has 8 nitrogen and oxygen atoms in total. The molecule has 3 heterocycles. The molecule has 0 bridgehead atoms. The molecule has 31 heavy (non-hydrogen) atoms. The van der Waals surface area contributed by atoms with E-state index in [9.17, 15) is 4.79 Å². The summed E-state index contributed by atoms with van der Waals surface area (Å²) in [5.74, 6) is 1.99. The highest BCUT2D eigenvalue weighted by atomic mass is 35.5. The van der Waals surface area contributed by atoms with E-state index < -0.39 is 0 Å². The van der Waals surface area contributed by atoms with Crippen molar-refractivity contribution in [2.24, 2.45) is 5.92 Å². The van der Waals surface area contributed by atoms with Crippen LogP contribution in [0.4, 0.5) is 5.95 Å². The third-order valence-corrected chi connectivity index (χ3v) is 5.64. The van der Waals surface area contributed by atoms with Crippen LogP contribution in [0.1, 0.15) is 25.3 Å². The molecule has 1 fully saturated rings. The zero-order chi connectivity index (χ0) is 21.8. The van der Waals surface area contributed by atoms with Crippen LogP contribution in [0, 0.1) is 5.92 Å². The minimum Gasteiger partial charge on any atom is -0.493 e. The zero-order valence-corrected chi connectivity index (χ0v) is 18.4. The second-order valence-electron chi connectivity index (χ2n) is 7.50. The number of amides is 1. The number of methoxy groups -OCH3 is 1. The summed E-state index contributed by atoms with van der Waals surface area (Å²) < 4.78 is 12.8. The Morgan fingerprint density at radius 3 is 2.94 bits per heavy atom. The number of halogens is 1. The van der Waals surface area contributed by atoms with Gasteiger partial charge in [-0.05, 0) is 49.6 Å². The van der Waals surface area contributed by atoms with Crippen molar-refractivity contribution in [3.05, 3.63) is 47.1 Å². The number of nitrogens with one attached hydrogen (secondary N) is 1. The fraction of sp³-hybridized carbons (Fsp3) is 0.409. The van der Waals surface area contributed by atoms with E-state index in [1.165, 1.54) is 0 Å². The van der Waals surface area contributed by atoms with Crippen molar-refractivity contribution < 1.29 is 14.3 Å². The van der Waals surface area contributed by atoms with E-state index in [0.717, 1.165) is 30.6 Å². The Hall–Kier alpha value is -3.00. The van der Waals surface area contributed by atoms with E-state index in [-0.39, 0.29) is 11.8 Å². The first-order valence-electron chi connectivity index (χ1n) is 10.4. The number of aromatic nitrogens is 3. The number of anilines is 1. The third-order valence-electron chi connectivity index (χ3n) is 5.42. The fourth-order valence-corrected chi connectivity index (χ4v) is 4.03. The first kappa shape index (κ1) is 21.2. The van der Waals surface area contributed by atoms with Crippen LogP contribution in [0.15, 0.2) is 36.5 Å². The smallest absolute Gasteiger partial charge is 0.231 e. The lowest BCUT2D eigenvalue weighted by atomic mass is 9.97. The molecule has 1 amide bonds. The van der Waals surface area contributed by atoms with Gasteiger partial charge in [-0.3, -0.25) is 9.20 Å². The molecule has 0 unspecified atom stereocenters. The molecule has 0 saturated carbocycles. The molecule has 4 rings (SSSR count). The molecule has 1 aliphatic heterocycles. The van der Waals surface area contributed by atoms with Gasteiger partial charge in [0.05, 0.1) is 24.7 Å². The van der Waals surface area contributed by atoms with Crippen molar-refractivity contribution in [2.45, 2.75) is 26.3 Å². The number of fused-ring (bicyclic) bond motifs is 1. The fourth-order valence-electron chi connectivity index (χ4n) is 3.87. The Balaban J connectivity index is 1.41. The maximum absolute atomic E-state index is 12.9. The number of rotatable bonds is 7. The lowest BCUT2D eigenvalue weighted by Crippen LogP contribution is -2.43. The van der Waals surface area contributed by atoms with Crippen molar-refractivity contribution in [3.63, 3.8) is 0 Å². The van der Waals surface area contributed by atoms with E-state index in [1.807, 2.05) is 35.6 Å². The van der Waals surface area contributed by atoms with Gasteiger partial charge in [-0.2, -0.15) is 0 Å². The van der Waals surface area contributed by atoms with Crippen LogP contribution in [0.25, 0.3) is 5.65 Å². The topological polar surface area (TPSA) is 81.0 Å². The van der Waals surface area contributed by atoms with Crippen LogP contribution in [-0.2, 0) is 11.3 Å². The molecular formula is C22H26ClN5O3. The van der Waals surface area contributed by atoms with E-state index >= 15 is 0 Å². The largest absolute Gasteiger partial charge is 0.493 e. The van der Waals surface area contributed by atoms with E-state index in [4.69, 9.17) is 21.1 Å². The lowest BCUT2D eigenvalue weighted by molar-refractivity contribution is -0.125. The van der Waals surface area contributed by atoms with Crippen molar-refractivity contribution in [1.82, 2.24) is 19.9 Å². The second kappa shape index (κ2) is 9.43. The summed E-state index contributed by atoms with van der Waals surface area (Å²) in [6.07, 6.45) is 3.55. The lowest BCUT2D eigenvalue weighted by Gasteiger charge is -2.32. The molecule has 2 aromatic heterocycles. The van der Waals surface area contributed by atoms with Crippen molar-refractivity contribution >= 4 is 29.1 Å². The van der Waals surface area contributed by atoms with Crippen molar-refractivity contribution in [2.75, 3.05) is 31.7 Å². The quantitative estimate of drug-likeness (QED) is 0.603. The standard InChI is InChI=1S/C22H26ClN5O3/c1-3-31-19-11-15(6-8-18(19)30-2)12-24-21(29)16-5-4-10-27(13-16)22-26-25-20-9-7-17(23)14-28(20)22/h6-9,11,14,16H,3-5,10,12-13H2,1-2H3,(H,24,29)/t16-/m0/s1. The van der Waals surface area contributed by atoms with E-state index in [0.29, 0.717) is 42.2 Å². The molecule has 1 aromatic carbocycles. The van der Waals surface area contributed by atoms with Crippen molar-refractivity contribution in [3.8, 4) is 11.5 Å². The molecule has 3 aromatic rings. The Morgan fingerprint density at radius 1 is 1.26 bits per heavy atom. The Kier molecular flexibility index (Phi) is 6.46. The maximum atomic E-state index is 12.9. The average Bonchev–Trinajstić information content (AvgIpc) is 3.21. The van der Waals surface area contributed by atoms with Gasteiger partial charge >= 0.3 is 0 Å².